The molecule has 0 saturated carbocycles. The van der Waals surface area contributed by atoms with E-state index in [0.29, 0.717) is 58.7 Å². The first kappa shape index (κ1) is 25.5. The number of epoxide rings is 2. The Kier molecular flexibility index (Phi) is 11.5. The number of carbonyl (C=O) groups is 1. The van der Waals surface area contributed by atoms with Crippen molar-refractivity contribution in [2.45, 2.75) is 57.7 Å². The summed E-state index contributed by atoms with van der Waals surface area (Å²) in [4.78, 5) is 12.3. The maximum absolute atomic E-state index is 12.3. The summed E-state index contributed by atoms with van der Waals surface area (Å²) in [7, 11) is -1.14. The van der Waals surface area contributed by atoms with Gasteiger partial charge in [-0.2, -0.15) is 0 Å². The van der Waals surface area contributed by atoms with Gasteiger partial charge in [0.25, 0.3) is 0 Å². The topological polar surface area (TPSA) is 110 Å². The van der Waals surface area contributed by atoms with Gasteiger partial charge in [0.2, 0.25) is 0 Å². The first-order valence-electron chi connectivity index (χ1n) is 10.8. The third-order valence-electron chi connectivity index (χ3n) is 4.63. The molecule has 4 unspecified atom stereocenters. The molecule has 2 saturated heterocycles. The van der Waals surface area contributed by atoms with Crippen LogP contribution < -0.4 is 5.32 Å². The van der Waals surface area contributed by atoms with Crippen molar-refractivity contribution >= 4 is 14.9 Å². The number of hydrogen-bond donors (Lipinski definition) is 1. The van der Waals surface area contributed by atoms with Crippen LogP contribution in [0.3, 0.4) is 0 Å². The fourth-order valence-electron chi connectivity index (χ4n) is 3.14. The quantitative estimate of drug-likeness (QED) is 0.188. The van der Waals surface area contributed by atoms with E-state index in [1.165, 1.54) is 0 Å². The van der Waals surface area contributed by atoms with Crippen molar-refractivity contribution in [1.82, 2.24) is 5.32 Å². The third kappa shape index (κ3) is 9.14. The lowest BCUT2D eigenvalue weighted by Gasteiger charge is -2.28. The summed E-state index contributed by atoms with van der Waals surface area (Å²) in [5.41, 5.74) is 0. The van der Waals surface area contributed by atoms with Crippen molar-refractivity contribution in [1.29, 1.82) is 0 Å². The minimum atomic E-state index is -2.71. The highest BCUT2D eigenvalue weighted by Gasteiger charge is 2.41. The maximum atomic E-state index is 12.3. The van der Waals surface area contributed by atoms with Crippen LogP contribution in [0.15, 0.2) is 0 Å². The molecule has 30 heavy (non-hydrogen) atoms. The lowest BCUT2D eigenvalue weighted by atomic mass is 10.1. The van der Waals surface area contributed by atoms with E-state index in [4.69, 9.17) is 37.0 Å². The largest absolute Gasteiger partial charge is 0.500 e. The van der Waals surface area contributed by atoms with E-state index in [1.54, 1.807) is 7.11 Å². The highest BCUT2D eigenvalue weighted by atomic mass is 28.4. The van der Waals surface area contributed by atoms with Gasteiger partial charge in [0.05, 0.1) is 26.4 Å². The molecular formula is C19H37NO9Si. The number of carbonyl (C=O) groups excluding carboxylic acids is 1. The average Bonchev–Trinajstić information content (AvgIpc) is 3.61. The molecular weight excluding hydrogens is 414 g/mol. The van der Waals surface area contributed by atoms with Crippen LogP contribution in [-0.2, 0) is 37.0 Å². The van der Waals surface area contributed by atoms with E-state index < -0.39 is 21.0 Å². The van der Waals surface area contributed by atoms with Gasteiger partial charge in [-0.25, -0.2) is 4.79 Å². The molecule has 0 aromatic heterocycles. The van der Waals surface area contributed by atoms with Gasteiger partial charge >= 0.3 is 14.9 Å². The molecule has 0 spiro atoms. The number of amides is 1. The molecule has 2 fully saturated rings. The van der Waals surface area contributed by atoms with Crippen LogP contribution in [-0.4, -0.2) is 99.2 Å². The standard InChI is InChI=1S/C19H37NO9Si/c1-5-26-30(27-6-2,28-7-3)10-8-9-20-19(21)29-17(13-23-11-15-12-24-15)18(22-4)16-14-25-16/h15-18H,5-14H2,1-4H3,(H,20,21). The summed E-state index contributed by atoms with van der Waals surface area (Å²) in [5, 5.41) is 2.78. The van der Waals surface area contributed by atoms with E-state index in [-0.39, 0.29) is 24.9 Å². The zero-order valence-corrected chi connectivity index (χ0v) is 19.6. The molecule has 0 aromatic rings. The molecule has 176 valence electrons. The Labute approximate surface area is 180 Å². The second-order valence-corrected chi connectivity index (χ2v) is 9.75. The molecule has 11 heteroatoms. The van der Waals surface area contributed by atoms with Gasteiger partial charge in [0, 0.05) is 39.5 Å². The molecule has 10 nitrogen and oxygen atoms in total. The van der Waals surface area contributed by atoms with Crippen LogP contribution in [0.4, 0.5) is 4.79 Å². The Morgan fingerprint density at radius 1 is 1.10 bits per heavy atom. The van der Waals surface area contributed by atoms with E-state index in [9.17, 15) is 4.79 Å². The second-order valence-electron chi connectivity index (χ2n) is 7.02. The number of hydrogen-bond acceptors (Lipinski definition) is 9. The van der Waals surface area contributed by atoms with E-state index in [0.717, 1.165) is 0 Å². The number of alkyl carbamates (subject to hydrolysis) is 1. The number of ether oxygens (including phenoxy) is 5. The zero-order chi connectivity index (χ0) is 21.8. The van der Waals surface area contributed by atoms with E-state index in [2.05, 4.69) is 5.32 Å². The fraction of sp³-hybridized carbons (Fsp3) is 0.947. The Bertz CT molecular complexity index is 474. The van der Waals surface area contributed by atoms with Crippen molar-refractivity contribution in [3.05, 3.63) is 0 Å². The Hall–Kier alpha value is -0.793. The van der Waals surface area contributed by atoms with Gasteiger partial charge in [0.15, 0.2) is 6.10 Å². The van der Waals surface area contributed by atoms with Gasteiger partial charge in [-0.1, -0.05) is 0 Å². The van der Waals surface area contributed by atoms with Gasteiger partial charge < -0.3 is 42.3 Å². The molecule has 2 heterocycles. The highest BCUT2D eigenvalue weighted by molar-refractivity contribution is 6.60. The number of methoxy groups -OCH3 is 1. The van der Waals surface area contributed by atoms with Crippen molar-refractivity contribution < 1.29 is 41.8 Å². The molecule has 2 aliphatic heterocycles. The first-order valence-corrected chi connectivity index (χ1v) is 12.7. The highest BCUT2D eigenvalue weighted by Crippen LogP contribution is 2.22. The SMILES string of the molecule is CCO[Si](CCCNC(=O)OC(COCC1CO1)C(OC)C1CO1)(OCC)OCC. The van der Waals surface area contributed by atoms with Crippen LogP contribution in [0.5, 0.6) is 0 Å². The predicted molar refractivity (Wildman–Crippen MR) is 109 cm³/mol. The van der Waals surface area contributed by atoms with Crippen molar-refractivity contribution in [2.75, 3.05) is 59.9 Å². The molecule has 0 aromatic carbocycles. The Morgan fingerprint density at radius 3 is 2.23 bits per heavy atom. The minimum absolute atomic E-state index is 0.0798. The zero-order valence-electron chi connectivity index (χ0n) is 18.6. The second kappa shape index (κ2) is 13.6. The smallest absolute Gasteiger partial charge is 0.441 e. The molecule has 2 rings (SSSR count). The molecule has 1 amide bonds. The third-order valence-corrected chi connectivity index (χ3v) is 7.78. The predicted octanol–water partition coefficient (Wildman–Crippen LogP) is 1.35. The lowest BCUT2D eigenvalue weighted by molar-refractivity contribution is -0.0719. The molecule has 0 aliphatic carbocycles. The van der Waals surface area contributed by atoms with Crippen LogP contribution in [0, 0.1) is 0 Å². The van der Waals surface area contributed by atoms with E-state index in [1.807, 2.05) is 20.8 Å². The Balaban J connectivity index is 1.76. The van der Waals surface area contributed by atoms with Crippen molar-refractivity contribution in [3.8, 4) is 0 Å². The number of nitrogens with one attached hydrogen (secondary N) is 1. The summed E-state index contributed by atoms with van der Waals surface area (Å²) < 4.78 is 44.6. The van der Waals surface area contributed by atoms with E-state index >= 15 is 0 Å². The van der Waals surface area contributed by atoms with Crippen molar-refractivity contribution in [3.63, 3.8) is 0 Å². The molecule has 2 aliphatic rings. The molecule has 0 radical (unpaired) electrons. The molecule has 4 atom stereocenters. The summed E-state index contributed by atoms with van der Waals surface area (Å²) in [6.45, 7) is 9.75. The van der Waals surface area contributed by atoms with Crippen LogP contribution in [0.2, 0.25) is 6.04 Å². The Morgan fingerprint density at radius 2 is 1.73 bits per heavy atom. The molecule has 1 N–H and O–H groups in total. The van der Waals surface area contributed by atoms with Gasteiger partial charge in [-0.3, -0.25) is 0 Å². The average molecular weight is 452 g/mol. The van der Waals surface area contributed by atoms with Crippen LogP contribution in [0.1, 0.15) is 27.2 Å². The maximum Gasteiger partial charge on any atom is 0.500 e. The van der Waals surface area contributed by atoms with Gasteiger partial charge in [-0.05, 0) is 27.2 Å². The summed E-state index contributed by atoms with van der Waals surface area (Å²) >= 11 is 0. The van der Waals surface area contributed by atoms with Gasteiger partial charge in [-0.15, -0.1) is 0 Å². The fourth-order valence-corrected chi connectivity index (χ4v) is 5.75. The summed E-state index contributed by atoms with van der Waals surface area (Å²) in [6.07, 6.45) is -0.742. The van der Waals surface area contributed by atoms with Crippen molar-refractivity contribution in [2.24, 2.45) is 0 Å². The minimum Gasteiger partial charge on any atom is -0.441 e. The monoisotopic (exact) mass is 451 g/mol. The summed E-state index contributed by atoms with van der Waals surface area (Å²) in [5.74, 6) is 0. The number of rotatable bonds is 18. The van der Waals surface area contributed by atoms with Crippen LogP contribution in [0.25, 0.3) is 0 Å². The van der Waals surface area contributed by atoms with Gasteiger partial charge in [0.1, 0.15) is 18.3 Å². The molecule has 0 bridgehead atoms. The normalized spacial score (nSPS) is 22.4. The van der Waals surface area contributed by atoms with Crippen LogP contribution >= 0.6 is 0 Å². The lowest BCUT2D eigenvalue weighted by Crippen LogP contribution is -2.46. The summed E-state index contributed by atoms with van der Waals surface area (Å²) in [6, 6.07) is 0.618. The first-order chi connectivity index (χ1) is 14.6.